The van der Waals surface area contributed by atoms with E-state index in [1.165, 1.54) is 0 Å². The molecule has 1 N–H and O–H groups in total. The number of hydrogen-bond donors (Lipinski definition) is 1. The van der Waals surface area contributed by atoms with Gasteiger partial charge >= 0.3 is 0 Å². The third kappa shape index (κ3) is 3.23. The van der Waals surface area contributed by atoms with Gasteiger partial charge in [-0.15, -0.1) is 0 Å². The maximum atomic E-state index is 12.0. The lowest BCUT2D eigenvalue weighted by molar-refractivity contribution is 0.0939. The van der Waals surface area contributed by atoms with Gasteiger partial charge in [0.1, 0.15) is 5.76 Å². The number of rotatable bonds is 4. The highest BCUT2D eigenvalue weighted by atomic mass is 16.3. The van der Waals surface area contributed by atoms with Crippen molar-refractivity contribution in [2.24, 2.45) is 0 Å². The zero-order chi connectivity index (χ0) is 13.0. The Bertz CT molecular complexity index is 517. The highest BCUT2D eigenvalue weighted by Gasteiger charge is 2.11. The van der Waals surface area contributed by atoms with Gasteiger partial charge < -0.3 is 9.73 Å². The van der Waals surface area contributed by atoms with Crippen LogP contribution in [0.1, 0.15) is 28.6 Å². The molecule has 1 aromatic heterocycles. The Morgan fingerprint density at radius 2 is 2.17 bits per heavy atom. The second-order valence-electron chi connectivity index (χ2n) is 4.53. The van der Waals surface area contributed by atoms with E-state index in [1.807, 2.05) is 50.2 Å². The van der Waals surface area contributed by atoms with Crippen LogP contribution < -0.4 is 5.32 Å². The molecule has 18 heavy (non-hydrogen) atoms. The van der Waals surface area contributed by atoms with Crippen molar-refractivity contribution in [1.29, 1.82) is 0 Å². The van der Waals surface area contributed by atoms with Crippen molar-refractivity contribution in [3.8, 4) is 0 Å². The molecule has 3 heteroatoms. The molecular formula is C15H17NO2. The normalized spacial score (nSPS) is 12.1. The Labute approximate surface area is 107 Å². The van der Waals surface area contributed by atoms with Crippen LogP contribution >= 0.6 is 0 Å². The van der Waals surface area contributed by atoms with Gasteiger partial charge in [0, 0.05) is 18.0 Å². The predicted molar refractivity (Wildman–Crippen MR) is 70.5 cm³/mol. The molecule has 3 nitrogen and oxygen atoms in total. The van der Waals surface area contributed by atoms with Gasteiger partial charge in [0.25, 0.3) is 5.91 Å². The SMILES string of the molecule is Cc1cccc(C(=O)N[C@H](C)Cc2ccco2)c1. The van der Waals surface area contributed by atoms with E-state index in [0.717, 1.165) is 11.3 Å². The highest BCUT2D eigenvalue weighted by molar-refractivity contribution is 5.94. The lowest BCUT2D eigenvalue weighted by Crippen LogP contribution is -2.34. The van der Waals surface area contributed by atoms with E-state index in [0.29, 0.717) is 12.0 Å². The van der Waals surface area contributed by atoms with Crippen LogP contribution in [0.3, 0.4) is 0 Å². The number of furan rings is 1. The number of amides is 1. The first kappa shape index (κ1) is 12.4. The number of hydrogen-bond acceptors (Lipinski definition) is 2. The molecule has 0 aliphatic rings. The molecule has 94 valence electrons. The average Bonchev–Trinajstić information content (AvgIpc) is 2.81. The van der Waals surface area contributed by atoms with Crippen LogP contribution in [-0.4, -0.2) is 11.9 Å². The molecule has 2 aromatic rings. The molecule has 0 aliphatic heterocycles. The van der Waals surface area contributed by atoms with Gasteiger partial charge in [-0.05, 0) is 38.1 Å². The van der Waals surface area contributed by atoms with E-state index in [2.05, 4.69) is 5.32 Å². The van der Waals surface area contributed by atoms with Crippen LogP contribution in [0.5, 0.6) is 0 Å². The van der Waals surface area contributed by atoms with Gasteiger partial charge in [-0.2, -0.15) is 0 Å². The van der Waals surface area contributed by atoms with E-state index in [9.17, 15) is 4.79 Å². The Morgan fingerprint density at radius 1 is 1.33 bits per heavy atom. The number of carbonyl (C=O) groups excluding carboxylic acids is 1. The lowest BCUT2D eigenvalue weighted by Gasteiger charge is -2.12. The lowest BCUT2D eigenvalue weighted by atomic mass is 10.1. The smallest absolute Gasteiger partial charge is 0.251 e. The largest absolute Gasteiger partial charge is 0.469 e. The van der Waals surface area contributed by atoms with E-state index in [1.54, 1.807) is 6.26 Å². The molecule has 1 aromatic carbocycles. The van der Waals surface area contributed by atoms with Gasteiger partial charge in [0.15, 0.2) is 0 Å². The van der Waals surface area contributed by atoms with Crippen molar-refractivity contribution >= 4 is 5.91 Å². The Kier molecular flexibility index (Phi) is 3.82. The van der Waals surface area contributed by atoms with E-state index in [-0.39, 0.29) is 11.9 Å². The van der Waals surface area contributed by atoms with Crippen molar-refractivity contribution in [1.82, 2.24) is 5.32 Å². The molecule has 1 amide bonds. The van der Waals surface area contributed by atoms with Crippen molar-refractivity contribution in [3.05, 3.63) is 59.5 Å². The fourth-order valence-electron chi connectivity index (χ4n) is 1.87. The van der Waals surface area contributed by atoms with Gasteiger partial charge in [0.05, 0.1) is 6.26 Å². The van der Waals surface area contributed by atoms with Gasteiger partial charge in [-0.3, -0.25) is 4.79 Å². The molecule has 0 spiro atoms. The quantitative estimate of drug-likeness (QED) is 0.897. The fraction of sp³-hybridized carbons (Fsp3) is 0.267. The molecular weight excluding hydrogens is 226 g/mol. The van der Waals surface area contributed by atoms with Crippen LogP contribution in [0.25, 0.3) is 0 Å². The van der Waals surface area contributed by atoms with Crippen LogP contribution in [0.15, 0.2) is 47.1 Å². The summed E-state index contributed by atoms with van der Waals surface area (Å²) in [6.07, 6.45) is 2.34. The molecule has 0 bridgehead atoms. The number of benzene rings is 1. The summed E-state index contributed by atoms with van der Waals surface area (Å²) in [5, 5.41) is 2.96. The number of aryl methyl sites for hydroxylation is 1. The van der Waals surface area contributed by atoms with Gasteiger partial charge in [-0.25, -0.2) is 0 Å². The minimum absolute atomic E-state index is 0.0437. The minimum atomic E-state index is -0.0437. The summed E-state index contributed by atoms with van der Waals surface area (Å²) in [5.74, 6) is 0.838. The van der Waals surface area contributed by atoms with Gasteiger partial charge in [0.2, 0.25) is 0 Å². The van der Waals surface area contributed by atoms with Crippen LogP contribution in [0.4, 0.5) is 0 Å². The molecule has 0 saturated carbocycles. The monoisotopic (exact) mass is 243 g/mol. The summed E-state index contributed by atoms with van der Waals surface area (Å²) in [7, 11) is 0. The summed E-state index contributed by atoms with van der Waals surface area (Å²) < 4.78 is 5.26. The molecule has 1 atom stereocenters. The Hall–Kier alpha value is -2.03. The molecule has 0 saturated heterocycles. The molecule has 1 heterocycles. The van der Waals surface area contributed by atoms with E-state index in [4.69, 9.17) is 4.42 Å². The topological polar surface area (TPSA) is 42.2 Å². The highest BCUT2D eigenvalue weighted by Crippen LogP contribution is 2.07. The standard InChI is InChI=1S/C15H17NO2/c1-11-5-3-6-13(9-11)15(17)16-12(2)10-14-7-4-8-18-14/h3-9,12H,10H2,1-2H3,(H,16,17)/t12-/m1/s1. The van der Waals surface area contributed by atoms with Crippen LogP contribution in [0.2, 0.25) is 0 Å². The summed E-state index contributed by atoms with van der Waals surface area (Å²) in [6, 6.07) is 11.4. The summed E-state index contributed by atoms with van der Waals surface area (Å²) in [6.45, 7) is 3.94. The maximum absolute atomic E-state index is 12.0. The van der Waals surface area contributed by atoms with Crippen LogP contribution in [0, 0.1) is 6.92 Å². The van der Waals surface area contributed by atoms with Crippen molar-refractivity contribution in [2.45, 2.75) is 26.3 Å². The molecule has 2 rings (SSSR count). The van der Waals surface area contributed by atoms with Crippen molar-refractivity contribution in [3.63, 3.8) is 0 Å². The third-order valence-corrected chi connectivity index (χ3v) is 2.75. The predicted octanol–water partition coefficient (Wildman–Crippen LogP) is 2.95. The van der Waals surface area contributed by atoms with Gasteiger partial charge in [-0.1, -0.05) is 17.7 Å². The zero-order valence-corrected chi connectivity index (χ0v) is 10.6. The van der Waals surface area contributed by atoms with Crippen LogP contribution in [-0.2, 0) is 6.42 Å². The molecule has 0 radical (unpaired) electrons. The zero-order valence-electron chi connectivity index (χ0n) is 10.6. The van der Waals surface area contributed by atoms with Crippen molar-refractivity contribution in [2.75, 3.05) is 0 Å². The van der Waals surface area contributed by atoms with Crippen molar-refractivity contribution < 1.29 is 9.21 Å². The molecule has 0 unspecified atom stereocenters. The summed E-state index contributed by atoms with van der Waals surface area (Å²) in [4.78, 5) is 12.0. The molecule has 0 fully saturated rings. The Balaban J connectivity index is 1.95. The summed E-state index contributed by atoms with van der Waals surface area (Å²) in [5.41, 5.74) is 1.78. The Morgan fingerprint density at radius 3 is 2.83 bits per heavy atom. The first-order chi connectivity index (χ1) is 8.65. The second-order valence-corrected chi connectivity index (χ2v) is 4.53. The third-order valence-electron chi connectivity index (χ3n) is 2.75. The average molecular weight is 243 g/mol. The first-order valence-corrected chi connectivity index (χ1v) is 6.05. The van der Waals surface area contributed by atoms with E-state index >= 15 is 0 Å². The molecule has 0 aliphatic carbocycles. The number of nitrogens with one attached hydrogen (secondary N) is 1. The fourth-order valence-corrected chi connectivity index (χ4v) is 1.87. The first-order valence-electron chi connectivity index (χ1n) is 6.05. The maximum Gasteiger partial charge on any atom is 0.251 e. The second kappa shape index (κ2) is 5.54. The minimum Gasteiger partial charge on any atom is -0.469 e. The van der Waals surface area contributed by atoms with E-state index < -0.39 is 0 Å². The number of carbonyl (C=O) groups is 1. The summed E-state index contributed by atoms with van der Waals surface area (Å²) >= 11 is 0.